The molecule has 2 amide bonds. The molecule has 1 aliphatic heterocycles. The molecule has 3 aliphatic rings. The van der Waals surface area contributed by atoms with Gasteiger partial charge in [0.2, 0.25) is 5.91 Å². The molecular weight excluding hydrogens is 440 g/mol. The minimum Gasteiger partial charge on any atom is -0.460 e. The molecule has 34 heavy (non-hydrogen) atoms. The molecule has 1 N–H and O–H groups in total. The standard InChI is InChI=1S/C25H28N2O7/c1-3-12-32-22(29)18(14-16-8-6-5-7-9-16)26-21(28)19-17-10-11-25(20(17)19)23(30)34-15-27(25)24(31)33-13-4-2/h3-9,17-20H,1-2,10-15H2,(H,26,28)/t17-,18-,19-,20-,25-/m0/s1. The fourth-order valence-corrected chi connectivity index (χ4v) is 5.30. The number of nitrogens with zero attached hydrogens (tertiary/aromatic N) is 1. The lowest BCUT2D eigenvalue weighted by atomic mass is 9.89. The molecule has 1 spiro atoms. The van der Waals surface area contributed by atoms with Gasteiger partial charge >= 0.3 is 18.0 Å². The van der Waals surface area contributed by atoms with Crippen molar-refractivity contribution in [2.75, 3.05) is 19.9 Å². The lowest BCUT2D eigenvalue weighted by Gasteiger charge is -2.31. The monoisotopic (exact) mass is 468 g/mol. The number of rotatable bonds is 9. The number of cyclic esters (lactones) is 1. The van der Waals surface area contributed by atoms with Gasteiger partial charge in [-0.15, -0.1) is 0 Å². The zero-order valence-electron chi connectivity index (χ0n) is 18.8. The van der Waals surface area contributed by atoms with Crippen LogP contribution in [0, 0.1) is 17.8 Å². The van der Waals surface area contributed by atoms with Crippen LogP contribution < -0.4 is 5.32 Å². The zero-order chi connectivity index (χ0) is 24.3. The summed E-state index contributed by atoms with van der Waals surface area (Å²) in [4.78, 5) is 52.5. The summed E-state index contributed by atoms with van der Waals surface area (Å²) in [6.07, 6.45) is 3.48. The van der Waals surface area contributed by atoms with Crippen molar-refractivity contribution in [2.24, 2.45) is 17.8 Å². The average molecular weight is 469 g/mol. The molecule has 2 saturated carbocycles. The number of esters is 2. The molecule has 3 fully saturated rings. The van der Waals surface area contributed by atoms with E-state index in [0.29, 0.717) is 12.8 Å². The smallest absolute Gasteiger partial charge is 0.413 e. The molecule has 0 unspecified atom stereocenters. The van der Waals surface area contributed by atoms with Crippen LogP contribution in [0.3, 0.4) is 0 Å². The second-order valence-corrected chi connectivity index (χ2v) is 8.70. The highest BCUT2D eigenvalue weighted by Crippen LogP contribution is 2.65. The van der Waals surface area contributed by atoms with E-state index in [2.05, 4.69) is 18.5 Å². The zero-order valence-corrected chi connectivity index (χ0v) is 18.8. The Labute approximate surface area is 197 Å². The van der Waals surface area contributed by atoms with Crippen LogP contribution in [0.1, 0.15) is 18.4 Å². The number of hydrogen-bond acceptors (Lipinski definition) is 7. The first-order valence-electron chi connectivity index (χ1n) is 11.3. The Morgan fingerprint density at radius 3 is 2.59 bits per heavy atom. The SMILES string of the molecule is C=CCOC(=O)[C@H](Cc1ccccc1)NC(=O)[C@H]1[C@@H]2CC[C@@]3(C(=O)OCN3C(=O)OCC=C)[C@@H]21. The van der Waals surface area contributed by atoms with Crippen LogP contribution in [0.25, 0.3) is 0 Å². The van der Waals surface area contributed by atoms with Crippen molar-refractivity contribution in [3.8, 4) is 0 Å². The van der Waals surface area contributed by atoms with Crippen LogP contribution in [0.4, 0.5) is 4.79 Å². The summed E-state index contributed by atoms with van der Waals surface area (Å²) in [6.45, 7) is 6.89. The van der Waals surface area contributed by atoms with Crippen LogP contribution in [0.15, 0.2) is 55.6 Å². The van der Waals surface area contributed by atoms with E-state index in [0.717, 1.165) is 5.56 Å². The van der Waals surface area contributed by atoms with Crippen LogP contribution in [0.2, 0.25) is 0 Å². The number of carbonyl (C=O) groups excluding carboxylic acids is 4. The molecule has 9 heteroatoms. The second-order valence-electron chi connectivity index (χ2n) is 8.70. The largest absolute Gasteiger partial charge is 0.460 e. The Kier molecular flexibility index (Phi) is 6.72. The van der Waals surface area contributed by atoms with Gasteiger partial charge in [-0.2, -0.15) is 0 Å². The van der Waals surface area contributed by atoms with Gasteiger partial charge in [-0.3, -0.25) is 9.69 Å². The molecule has 1 heterocycles. The van der Waals surface area contributed by atoms with Gasteiger partial charge in [0.1, 0.15) is 19.3 Å². The topological polar surface area (TPSA) is 111 Å². The Morgan fingerprint density at radius 2 is 1.88 bits per heavy atom. The molecule has 0 aromatic heterocycles. The number of amides is 2. The van der Waals surface area contributed by atoms with Gasteiger partial charge in [-0.25, -0.2) is 14.4 Å². The first-order valence-corrected chi connectivity index (χ1v) is 11.3. The number of benzene rings is 1. The van der Waals surface area contributed by atoms with E-state index in [1.807, 2.05) is 30.3 Å². The van der Waals surface area contributed by atoms with E-state index in [9.17, 15) is 19.2 Å². The molecule has 5 atom stereocenters. The molecule has 1 saturated heterocycles. The highest BCUT2D eigenvalue weighted by Gasteiger charge is 2.76. The van der Waals surface area contributed by atoms with Gasteiger partial charge in [0, 0.05) is 18.3 Å². The Morgan fingerprint density at radius 1 is 1.18 bits per heavy atom. The van der Waals surface area contributed by atoms with E-state index >= 15 is 0 Å². The molecule has 0 bridgehead atoms. The Hall–Kier alpha value is -3.62. The maximum Gasteiger partial charge on any atom is 0.413 e. The Bertz CT molecular complexity index is 994. The third-order valence-electron chi connectivity index (χ3n) is 6.81. The minimum atomic E-state index is -1.22. The highest BCUT2D eigenvalue weighted by molar-refractivity contribution is 5.94. The molecule has 4 rings (SSSR count). The van der Waals surface area contributed by atoms with Gasteiger partial charge in [0.15, 0.2) is 12.3 Å². The summed E-state index contributed by atoms with van der Waals surface area (Å²) < 4.78 is 15.6. The lowest BCUT2D eigenvalue weighted by Crippen LogP contribution is -2.53. The van der Waals surface area contributed by atoms with E-state index < -0.39 is 35.5 Å². The predicted octanol–water partition coefficient (Wildman–Crippen LogP) is 1.98. The molecule has 2 aliphatic carbocycles. The van der Waals surface area contributed by atoms with Crippen molar-refractivity contribution < 1.29 is 33.4 Å². The van der Waals surface area contributed by atoms with E-state index in [1.54, 1.807) is 0 Å². The van der Waals surface area contributed by atoms with Crippen molar-refractivity contribution in [1.82, 2.24) is 10.2 Å². The minimum absolute atomic E-state index is 0.00556. The number of nitrogens with one attached hydrogen (secondary N) is 1. The maximum absolute atomic E-state index is 13.3. The lowest BCUT2D eigenvalue weighted by molar-refractivity contribution is -0.147. The van der Waals surface area contributed by atoms with Crippen LogP contribution >= 0.6 is 0 Å². The summed E-state index contributed by atoms with van der Waals surface area (Å²) in [5.74, 6) is -2.41. The van der Waals surface area contributed by atoms with E-state index in [1.165, 1.54) is 17.1 Å². The number of carbonyl (C=O) groups is 4. The van der Waals surface area contributed by atoms with Crippen LogP contribution in [0.5, 0.6) is 0 Å². The number of ether oxygens (including phenoxy) is 3. The maximum atomic E-state index is 13.3. The summed E-state index contributed by atoms with van der Waals surface area (Å²) in [5, 5.41) is 2.82. The summed E-state index contributed by atoms with van der Waals surface area (Å²) >= 11 is 0. The first kappa shape index (κ1) is 23.5. The molecule has 9 nitrogen and oxygen atoms in total. The molecule has 1 aromatic carbocycles. The number of hydrogen-bond donors (Lipinski definition) is 1. The normalized spacial score (nSPS) is 27.4. The summed E-state index contributed by atoms with van der Waals surface area (Å²) in [5.41, 5.74) is -0.352. The van der Waals surface area contributed by atoms with Gasteiger partial charge in [-0.05, 0) is 24.3 Å². The van der Waals surface area contributed by atoms with Gasteiger partial charge in [0.25, 0.3) is 0 Å². The van der Waals surface area contributed by atoms with Gasteiger partial charge in [0.05, 0.1) is 0 Å². The van der Waals surface area contributed by atoms with Crippen LogP contribution in [-0.4, -0.2) is 60.4 Å². The van der Waals surface area contributed by atoms with E-state index in [4.69, 9.17) is 14.2 Å². The molecule has 180 valence electrons. The van der Waals surface area contributed by atoms with Crippen molar-refractivity contribution in [3.05, 3.63) is 61.2 Å². The van der Waals surface area contributed by atoms with Crippen molar-refractivity contribution >= 4 is 23.9 Å². The second kappa shape index (κ2) is 9.70. The summed E-state index contributed by atoms with van der Waals surface area (Å²) in [6, 6.07) is 8.40. The molecule has 1 aromatic rings. The highest BCUT2D eigenvalue weighted by atomic mass is 16.6. The fourth-order valence-electron chi connectivity index (χ4n) is 5.30. The quantitative estimate of drug-likeness (QED) is 0.335. The summed E-state index contributed by atoms with van der Waals surface area (Å²) in [7, 11) is 0. The van der Waals surface area contributed by atoms with Crippen molar-refractivity contribution in [2.45, 2.75) is 30.8 Å². The predicted molar refractivity (Wildman–Crippen MR) is 120 cm³/mol. The third-order valence-corrected chi connectivity index (χ3v) is 6.81. The van der Waals surface area contributed by atoms with Gasteiger partial charge in [-0.1, -0.05) is 55.6 Å². The Balaban J connectivity index is 1.49. The van der Waals surface area contributed by atoms with Crippen molar-refractivity contribution in [3.63, 3.8) is 0 Å². The number of fused-ring (bicyclic) bond motifs is 2. The van der Waals surface area contributed by atoms with Gasteiger partial charge < -0.3 is 19.5 Å². The first-order chi connectivity index (χ1) is 16.4. The van der Waals surface area contributed by atoms with Crippen molar-refractivity contribution in [1.29, 1.82) is 0 Å². The molecular formula is C25H28N2O7. The van der Waals surface area contributed by atoms with Crippen LogP contribution in [-0.2, 0) is 35.0 Å². The third kappa shape index (κ3) is 4.18. The average Bonchev–Trinajstić information content (AvgIpc) is 3.32. The fraction of sp³-hybridized carbons (Fsp3) is 0.440. The molecule has 0 radical (unpaired) electrons. The van der Waals surface area contributed by atoms with E-state index in [-0.39, 0.29) is 44.1 Å².